The van der Waals surface area contributed by atoms with Gasteiger partial charge in [0.1, 0.15) is 5.82 Å². The van der Waals surface area contributed by atoms with Gasteiger partial charge in [-0.15, -0.1) is 0 Å². The average molecular weight is 333 g/mol. The van der Waals surface area contributed by atoms with E-state index in [4.69, 9.17) is 18.0 Å². The van der Waals surface area contributed by atoms with Gasteiger partial charge in [0, 0.05) is 24.0 Å². The zero-order valence-corrected chi connectivity index (χ0v) is 12.5. The zero-order valence-electron chi connectivity index (χ0n) is 10.1. The van der Waals surface area contributed by atoms with E-state index < -0.39 is 5.82 Å². The van der Waals surface area contributed by atoms with Gasteiger partial charge >= 0.3 is 0 Å². The van der Waals surface area contributed by atoms with Gasteiger partial charge in [0.05, 0.1) is 10.6 Å². The second-order valence-corrected chi connectivity index (χ2v) is 5.44. The second-order valence-electron chi connectivity index (χ2n) is 4.11. The molecule has 0 fully saturated rings. The molecular weight excluding hydrogens is 319 g/mol. The summed E-state index contributed by atoms with van der Waals surface area (Å²) < 4.78 is 13.7. The van der Waals surface area contributed by atoms with Gasteiger partial charge in [0.15, 0.2) is 0 Å². The molecule has 1 aromatic rings. The highest BCUT2D eigenvalue weighted by molar-refractivity contribution is 9.10. The normalized spacial score (nSPS) is 12.0. The first-order valence-electron chi connectivity index (χ1n) is 5.32. The van der Waals surface area contributed by atoms with Crippen molar-refractivity contribution in [2.24, 2.45) is 11.7 Å². The van der Waals surface area contributed by atoms with Crippen LogP contribution in [-0.4, -0.2) is 29.4 Å². The van der Waals surface area contributed by atoms with Crippen LogP contribution in [0.25, 0.3) is 0 Å². The minimum absolute atomic E-state index is 0.0821. The van der Waals surface area contributed by atoms with Crippen molar-refractivity contribution in [2.45, 2.75) is 6.92 Å². The lowest BCUT2D eigenvalue weighted by molar-refractivity contribution is 0.0785. The molecule has 2 N–H and O–H groups in total. The molecule has 0 radical (unpaired) electrons. The van der Waals surface area contributed by atoms with Crippen molar-refractivity contribution in [3.63, 3.8) is 0 Å². The Labute approximate surface area is 119 Å². The fourth-order valence-corrected chi connectivity index (χ4v) is 1.94. The number of rotatable bonds is 4. The van der Waals surface area contributed by atoms with Crippen LogP contribution in [0.1, 0.15) is 17.3 Å². The molecule has 0 aromatic heterocycles. The number of carbonyl (C=O) groups is 1. The third-order valence-electron chi connectivity index (χ3n) is 2.54. The van der Waals surface area contributed by atoms with Gasteiger partial charge < -0.3 is 10.6 Å². The summed E-state index contributed by atoms with van der Waals surface area (Å²) in [6.45, 7) is 2.24. The number of hydrogen-bond donors (Lipinski definition) is 1. The maximum atomic E-state index is 13.1. The predicted octanol–water partition coefficient (Wildman–Crippen LogP) is 2.58. The number of halogens is 2. The van der Waals surface area contributed by atoms with Crippen LogP contribution in [0.15, 0.2) is 22.7 Å². The number of amides is 1. The van der Waals surface area contributed by atoms with E-state index >= 15 is 0 Å². The Balaban J connectivity index is 2.86. The van der Waals surface area contributed by atoms with Gasteiger partial charge in [-0.2, -0.15) is 0 Å². The van der Waals surface area contributed by atoms with Crippen molar-refractivity contribution in [1.29, 1.82) is 0 Å². The minimum Gasteiger partial charge on any atom is -0.393 e. The Morgan fingerprint density at radius 2 is 2.22 bits per heavy atom. The maximum Gasteiger partial charge on any atom is 0.254 e. The molecule has 1 atom stereocenters. The van der Waals surface area contributed by atoms with Gasteiger partial charge in [0.25, 0.3) is 5.91 Å². The van der Waals surface area contributed by atoms with E-state index in [1.54, 1.807) is 7.05 Å². The van der Waals surface area contributed by atoms with E-state index in [0.29, 0.717) is 16.0 Å². The zero-order chi connectivity index (χ0) is 13.9. The van der Waals surface area contributed by atoms with Crippen LogP contribution < -0.4 is 5.73 Å². The molecule has 98 valence electrons. The number of nitrogens with two attached hydrogens (primary N) is 1. The molecule has 0 aliphatic carbocycles. The lowest BCUT2D eigenvalue weighted by Gasteiger charge is -2.21. The molecule has 0 spiro atoms. The van der Waals surface area contributed by atoms with Gasteiger partial charge in [-0.3, -0.25) is 4.79 Å². The largest absolute Gasteiger partial charge is 0.393 e. The van der Waals surface area contributed by atoms with Crippen LogP contribution in [0.3, 0.4) is 0 Å². The molecule has 1 unspecified atom stereocenters. The lowest BCUT2D eigenvalue weighted by Crippen LogP contribution is -2.35. The molecule has 0 aliphatic rings. The number of thiocarbonyl (C=S) groups is 1. The number of benzene rings is 1. The summed E-state index contributed by atoms with van der Waals surface area (Å²) in [7, 11) is 1.63. The van der Waals surface area contributed by atoms with Crippen LogP contribution in [0, 0.1) is 11.7 Å². The third-order valence-corrected chi connectivity index (χ3v) is 3.63. The topological polar surface area (TPSA) is 46.3 Å². The van der Waals surface area contributed by atoms with Crippen LogP contribution >= 0.6 is 28.1 Å². The minimum atomic E-state index is -0.447. The summed E-state index contributed by atoms with van der Waals surface area (Å²) in [6, 6.07) is 4.00. The van der Waals surface area contributed by atoms with Crippen LogP contribution in [0.5, 0.6) is 0 Å². The molecule has 0 saturated heterocycles. The van der Waals surface area contributed by atoms with Crippen molar-refractivity contribution in [3.8, 4) is 0 Å². The highest BCUT2D eigenvalue weighted by Crippen LogP contribution is 2.19. The summed E-state index contributed by atoms with van der Waals surface area (Å²) >= 11 is 8.09. The summed E-state index contributed by atoms with van der Waals surface area (Å²) in [5.41, 5.74) is 5.79. The average Bonchev–Trinajstić information content (AvgIpc) is 2.31. The van der Waals surface area contributed by atoms with Gasteiger partial charge in [-0.05, 0) is 34.1 Å². The Morgan fingerprint density at radius 3 is 2.78 bits per heavy atom. The van der Waals surface area contributed by atoms with Crippen LogP contribution in [-0.2, 0) is 0 Å². The van der Waals surface area contributed by atoms with Crippen molar-refractivity contribution < 1.29 is 9.18 Å². The fraction of sp³-hybridized carbons (Fsp3) is 0.333. The maximum absolute atomic E-state index is 13.1. The van der Waals surface area contributed by atoms with Gasteiger partial charge in [-0.25, -0.2) is 4.39 Å². The highest BCUT2D eigenvalue weighted by atomic mass is 79.9. The van der Waals surface area contributed by atoms with Crippen LogP contribution in [0.4, 0.5) is 4.39 Å². The van der Waals surface area contributed by atoms with Gasteiger partial charge in [0.2, 0.25) is 0 Å². The molecule has 1 rings (SSSR count). The summed E-state index contributed by atoms with van der Waals surface area (Å²) in [4.78, 5) is 14.0. The molecule has 0 heterocycles. The number of carbonyl (C=O) groups excluding carboxylic acids is 1. The first kappa shape index (κ1) is 15.0. The Bertz CT molecular complexity index is 481. The lowest BCUT2D eigenvalue weighted by atomic mass is 10.1. The molecule has 18 heavy (non-hydrogen) atoms. The quantitative estimate of drug-likeness (QED) is 0.862. The Kier molecular flexibility index (Phi) is 5.22. The second kappa shape index (κ2) is 6.24. The summed E-state index contributed by atoms with van der Waals surface area (Å²) in [5, 5.41) is 0. The summed E-state index contributed by atoms with van der Waals surface area (Å²) in [6.07, 6.45) is 0. The van der Waals surface area contributed by atoms with E-state index in [0.717, 1.165) is 0 Å². The van der Waals surface area contributed by atoms with E-state index in [-0.39, 0.29) is 17.4 Å². The standard InChI is InChI=1S/C12H14BrFN2OS/c1-7(11(15)18)6-16(2)12(17)9-5-8(14)3-4-10(9)13/h3-5,7H,6H2,1-2H3,(H2,15,18). The molecule has 1 aromatic carbocycles. The van der Waals surface area contributed by atoms with Crippen molar-refractivity contribution in [3.05, 3.63) is 34.1 Å². The molecule has 0 saturated carbocycles. The smallest absolute Gasteiger partial charge is 0.254 e. The predicted molar refractivity (Wildman–Crippen MR) is 77.0 cm³/mol. The van der Waals surface area contributed by atoms with Crippen molar-refractivity contribution in [2.75, 3.05) is 13.6 Å². The first-order valence-corrected chi connectivity index (χ1v) is 6.53. The van der Waals surface area contributed by atoms with Crippen LogP contribution in [0.2, 0.25) is 0 Å². The molecule has 0 bridgehead atoms. The van der Waals surface area contributed by atoms with E-state index in [9.17, 15) is 9.18 Å². The van der Waals surface area contributed by atoms with E-state index in [2.05, 4.69) is 15.9 Å². The monoisotopic (exact) mass is 332 g/mol. The van der Waals surface area contributed by atoms with Gasteiger partial charge in [-0.1, -0.05) is 19.1 Å². The molecule has 1 amide bonds. The first-order chi connectivity index (χ1) is 8.32. The SMILES string of the molecule is CC(CN(C)C(=O)c1cc(F)ccc1Br)C(N)=S. The van der Waals surface area contributed by atoms with E-state index in [1.807, 2.05) is 6.92 Å². The number of hydrogen-bond acceptors (Lipinski definition) is 2. The third kappa shape index (κ3) is 3.74. The molecular formula is C12H14BrFN2OS. The summed E-state index contributed by atoms with van der Waals surface area (Å²) in [5.74, 6) is -0.803. The Hall–Kier alpha value is -1.01. The fourth-order valence-electron chi connectivity index (χ4n) is 1.45. The van der Waals surface area contributed by atoms with E-state index in [1.165, 1.54) is 23.1 Å². The Morgan fingerprint density at radius 1 is 1.61 bits per heavy atom. The molecule has 0 aliphatic heterocycles. The van der Waals surface area contributed by atoms with Crippen molar-refractivity contribution in [1.82, 2.24) is 4.90 Å². The molecule has 3 nitrogen and oxygen atoms in total. The number of nitrogens with zero attached hydrogens (tertiary/aromatic N) is 1. The highest BCUT2D eigenvalue weighted by Gasteiger charge is 2.18. The van der Waals surface area contributed by atoms with Crippen molar-refractivity contribution >= 4 is 39.0 Å². The molecule has 6 heteroatoms.